The van der Waals surface area contributed by atoms with E-state index in [-0.39, 0.29) is 0 Å². The SMILES string of the molecule is CCSc1nc(N2CCOCC2)c2c(c1C#N)CCN(C)C2. The average molecular weight is 318 g/mol. The molecule has 5 nitrogen and oxygen atoms in total. The van der Waals surface area contributed by atoms with Crippen molar-refractivity contribution in [3.8, 4) is 6.07 Å². The summed E-state index contributed by atoms with van der Waals surface area (Å²) in [6.07, 6.45) is 0.936. The highest BCUT2D eigenvalue weighted by atomic mass is 32.2. The highest BCUT2D eigenvalue weighted by Gasteiger charge is 2.27. The number of anilines is 1. The van der Waals surface area contributed by atoms with Gasteiger partial charge in [-0.05, 0) is 24.8 Å². The summed E-state index contributed by atoms with van der Waals surface area (Å²) in [5.74, 6) is 2.00. The van der Waals surface area contributed by atoms with Gasteiger partial charge >= 0.3 is 0 Å². The van der Waals surface area contributed by atoms with Crippen LogP contribution in [0, 0.1) is 11.3 Å². The molecule has 0 bridgehead atoms. The van der Waals surface area contributed by atoms with E-state index in [0.29, 0.717) is 0 Å². The number of aromatic nitrogens is 1. The molecule has 0 aliphatic carbocycles. The summed E-state index contributed by atoms with van der Waals surface area (Å²) in [7, 11) is 2.13. The molecular formula is C16H22N4OS. The summed E-state index contributed by atoms with van der Waals surface area (Å²) in [6, 6.07) is 2.41. The predicted molar refractivity (Wildman–Crippen MR) is 88.4 cm³/mol. The van der Waals surface area contributed by atoms with Crippen LogP contribution in [-0.4, -0.2) is 55.5 Å². The zero-order chi connectivity index (χ0) is 15.5. The lowest BCUT2D eigenvalue weighted by Gasteiger charge is -2.34. The summed E-state index contributed by atoms with van der Waals surface area (Å²) in [5.41, 5.74) is 3.26. The Morgan fingerprint density at radius 2 is 2.05 bits per heavy atom. The lowest BCUT2D eigenvalue weighted by atomic mass is 9.96. The fourth-order valence-corrected chi connectivity index (χ4v) is 3.86. The first kappa shape index (κ1) is 15.6. The van der Waals surface area contributed by atoms with E-state index in [2.05, 4.69) is 29.8 Å². The summed E-state index contributed by atoms with van der Waals surface area (Å²) in [4.78, 5) is 9.52. The minimum Gasteiger partial charge on any atom is -0.378 e. The molecule has 3 rings (SSSR count). The Hall–Kier alpha value is -1.29. The molecule has 22 heavy (non-hydrogen) atoms. The molecule has 0 atom stereocenters. The van der Waals surface area contributed by atoms with Crippen LogP contribution in [0.3, 0.4) is 0 Å². The van der Waals surface area contributed by atoms with Crippen LogP contribution >= 0.6 is 11.8 Å². The maximum atomic E-state index is 9.62. The number of thioether (sulfide) groups is 1. The predicted octanol–water partition coefficient (Wildman–Crippen LogP) is 1.89. The molecule has 6 heteroatoms. The van der Waals surface area contributed by atoms with Gasteiger partial charge in [-0.1, -0.05) is 6.92 Å². The van der Waals surface area contributed by atoms with Crippen LogP contribution in [0.25, 0.3) is 0 Å². The van der Waals surface area contributed by atoms with E-state index < -0.39 is 0 Å². The van der Waals surface area contributed by atoms with Gasteiger partial charge in [0.2, 0.25) is 0 Å². The topological polar surface area (TPSA) is 52.4 Å². The van der Waals surface area contributed by atoms with Gasteiger partial charge in [-0.15, -0.1) is 11.8 Å². The van der Waals surface area contributed by atoms with Crippen LogP contribution in [0.4, 0.5) is 5.82 Å². The largest absolute Gasteiger partial charge is 0.378 e. The molecule has 0 N–H and O–H groups in total. The van der Waals surface area contributed by atoms with Crippen molar-refractivity contribution in [1.82, 2.24) is 9.88 Å². The monoisotopic (exact) mass is 318 g/mol. The second kappa shape index (κ2) is 6.86. The average Bonchev–Trinajstić information content (AvgIpc) is 2.55. The molecule has 3 heterocycles. The number of pyridine rings is 1. The molecule has 2 aliphatic rings. The Bertz CT molecular complexity index is 593. The van der Waals surface area contributed by atoms with Gasteiger partial charge in [0.25, 0.3) is 0 Å². The van der Waals surface area contributed by atoms with E-state index in [1.807, 2.05) is 0 Å². The second-order valence-electron chi connectivity index (χ2n) is 5.70. The van der Waals surface area contributed by atoms with Crippen LogP contribution in [0.1, 0.15) is 23.6 Å². The zero-order valence-corrected chi connectivity index (χ0v) is 14.1. The van der Waals surface area contributed by atoms with Crippen molar-refractivity contribution in [3.05, 3.63) is 16.7 Å². The molecule has 2 aliphatic heterocycles. The minimum atomic E-state index is 0.753. The summed E-state index contributed by atoms with van der Waals surface area (Å²) in [6.45, 7) is 7.25. The third-order valence-electron chi connectivity index (χ3n) is 4.23. The van der Waals surface area contributed by atoms with Gasteiger partial charge in [0, 0.05) is 31.7 Å². The van der Waals surface area contributed by atoms with E-state index in [1.165, 1.54) is 11.1 Å². The number of nitriles is 1. The molecule has 1 saturated heterocycles. The Morgan fingerprint density at radius 1 is 1.27 bits per heavy atom. The molecule has 0 saturated carbocycles. The molecule has 0 amide bonds. The van der Waals surface area contributed by atoms with Gasteiger partial charge in [0.15, 0.2) is 0 Å². The molecule has 0 unspecified atom stereocenters. The molecule has 0 radical (unpaired) electrons. The normalized spacial score (nSPS) is 18.9. The van der Waals surface area contributed by atoms with Gasteiger partial charge in [-0.3, -0.25) is 0 Å². The number of hydrogen-bond acceptors (Lipinski definition) is 6. The van der Waals surface area contributed by atoms with Gasteiger partial charge in [0.05, 0.1) is 18.8 Å². The fourth-order valence-electron chi connectivity index (χ4n) is 3.12. The molecular weight excluding hydrogens is 296 g/mol. The summed E-state index contributed by atoms with van der Waals surface area (Å²) >= 11 is 1.67. The van der Waals surface area contributed by atoms with Crippen molar-refractivity contribution in [2.75, 3.05) is 50.5 Å². The van der Waals surface area contributed by atoms with E-state index in [0.717, 1.165) is 68.0 Å². The molecule has 118 valence electrons. The van der Waals surface area contributed by atoms with Crippen molar-refractivity contribution in [1.29, 1.82) is 5.26 Å². The molecule has 0 spiro atoms. The van der Waals surface area contributed by atoms with Crippen LogP contribution in [0.2, 0.25) is 0 Å². The highest BCUT2D eigenvalue weighted by molar-refractivity contribution is 7.99. The number of likely N-dealkylation sites (N-methyl/N-ethyl adjacent to an activating group) is 1. The Labute approximate surface area is 136 Å². The van der Waals surface area contributed by atoms with Crippen LogP contribution in [-0.2, 0) is 17.7 Å². The van der Waals surface area contributed by atoms with Crippen molar-refractivity contribution >= 4 is 17.6 Å². The van der Waals surface area contributed by atoms with E-state index in [9.17, 15) is 5.26 Å². The highest BCUT2D eigenvalue weighted by Crippen LogP contribution is 2.35. The summed E-state index contributed by atoms with van der Waals surface area (Å²) < 4.78 is 5.47. The molecule has 1 aromatic heterocycles. The van der Waals surface area contributed by atoms with Crippen molar-refractivity contribution in [2.45, 2.75) is 24.9 Å². The molecule has 0 aromatic carbocycles. The van der Waals surface area contributed by atoms with Crippen molar-refractivity contribution in [2.24, 2.45) is 0 Å². The van der Waals surface area contributed by atoms with Gasteiger partial charge in [0.1, 0.15) is 16.9 Å². The Balaban J connectivity index is 2.10. The number of ether oxygens (including phenoxy) is 1. The van der Waals surface area contributed by atoms with Crippen molar-refractivity contribution in [3.63, 3.8) is 0 Å². The molecule has 1 aromatic rings. The Morgan fingerprint density at radius 3 is 2.73 bits per heavy atom. The smallest absolute Gasteiger partial charge is 0.134 e. The number of rotatable bonds is 3. The third-order valence-corrected chi connectivity index (χ3v) is 5.09. The van der Waals surface area contributed by atoms with Crippen LogP contribution < -0.4 is 4.90 Å². The lowest BCUT2D eigenvalue weighted by Crippen LogP contribution is -2.39. The van der Waals surface area contributed by atoms with Crippen molar-refractivity contribution < 1.29 is 4.74 Å². The minimum absolute atomic E-state index is 0.753. The number of morpholine rings is 1. The van der Waals surface area contributed by atoms with E-state index in [4.69, 9.17) is 9.72 Å². The number of hydrogen-bond donors (Lipinski definition) is 0. The number of fused-ring (bicyclic) bond motifs is 1. The zero-order valence-electron chi connectivity index (χ0n) is 13.3. The fraction of sp³-hybridized carbons (Fsp3) is 0.625. The Kier molecular flexibility index (Phi) is 4.87. The first-order valence-electron chi connectivity index (χ1n) is 7.84. The maximum Gasteiger partial charge on any atom is 0.134 e. The lowest BCUT2D eigenvalue weighted by molar-refractivity contribution is 0.122. The van der Waals surface area contributed by atoms with Crippen LogP contribution in [0.5, 0.6) is 0 Å². The standard InChI is InChI=1S/C16H22N4OS/c1-3-22-16-13(10-17)12-4-5-19(2)11-14(12)15(18-16)20-6-8-21-9-7-20/h3-9,11H2,1-2H3. The van der Waals surface area contributed by atoms with Gasteiger partial charge in [-0.25, -0.2) is 4.98 Å². The number of nitrogens with zero attached hydrogens (tertiary/aromatic N) is 4. The van der Waals surface area contributed by atoms with E-state index in [1.54, 1.807) is 11.8 Å². The molecule has 1 fully saturated rings. The third kappa shape index (κ3) is 2.94. The quantitative estimate of drug-likeness (QED) is 0.793. The van der Waals surface area contributed by atoms with Crippen LogP contribution in [0.15, 0.2) is 5.03 Å². The van der Waals surface area contributed by atoms with E-state index >= 15 is 0 Å². The van der Waals surface area contributed by atoms with Gasteiger partial charge < -0.3 is 14.5 Å². The first-order valence-corrected chi connectivity index (χ1v) is 8.83. The second-order valence-corrected chi connectivity index (χ2v) is 6.96. The maximum absolute atomic E-state index is 9.62. The first-order chi connectivity index (χ1) is 10.7. The van der Waals surface area contributed by atoms with Gasteiger partial charge in [-0.2, -0.15) is 5.26 Å². The summed E-state index contributed by atoms with van der Waals surface area (Å²) in [5, 5.41) is 10.5.